The lowest BCUT2D eigenvalue weighted by Crippen LogP contribution is -2.33. The summed E-state index contributed by atoms with van der Waals surface area (Å²) < 4.78 is 7.15. The quantitative estimate of drug-likeness (QED) is 0.725. The largest absolute Gasteiger partial charge is 0.394 e. The lowest BCUT2D eigenvalue weighted by atomic mass is 10.1. The smallest absolute Gasteiger partial charge is 0.163 e. The predicted molar refractivity (Wildman–Crippen MR) is 85.1 cm³/mol. The molecule has 6 nitrogen and oxygen atoms in total. The van der Waals surface area contributed by atoms with E-state index in [9.17, 15) is 20.1 Å². The van der Waals surface area contributed by atoms with E-state index in [0.717, 1.165) is 0 Å². The fraction of sp³-hybridized carbons (Fsp3) is 0.400. The van der Waals surface area contributed by atoms with Gasteiger partial charge in [-0.25, -0.2) is 0 Å². The van der Waals surface area contributed by atoms with E-state index in [1.54, 1.807) is 23.6 Å². The van der Waals surface area contributed by atoms with Gasteiger partial charge in [-0.1, -0.05) is 23.2 Å². The highest BCUT2D eigenvalue weighted by Gasteiger charge is 2.44. The van der Waals surface area contributed by atoms with Gasteiger partial charge in [-0.3, -0.25) is 4.79 Å². The van der Waals surface area contributed by atoms with Gasteiger partial charge in [-0.2, -0.15) is 0 Å². The zero-order chi connectivity index (χ0) is 16.9. The van der Waals surface area contributed by atoms with Gasteiger partial charge in [0.05, 0.1) is 22.2 Å². The van der Waals surface area contributed by atoms with E-state index in [1.165, 1.54) is 0 Å². The van der Waals surface area contributed by atoms with Gasteiger partial charge in [-0.05, 0) is 19.1 Å². The van der Waals surface area contributed by atoms with Crippen molar-refractivity contribution in [3.63, 3.8) is 0 Å². The van der Waals surface area contributed by atoms with E-state index in [1.807, 2.05) is 0 Å². The SMILES string of the molecule is Cc1c(C=O)c2cc(Cl)c(Cl)cc2n1C1OC(CO)C(O)C1O. The van der Waals surface area contributed by atoms with Crippen LogP contribution in [0.5, 0.6) is 0 Å². The summed E-state index contributed by atoms with van der Waals surface area (Å²) in [4.78, 5) is 11.5. The summed E-state index contributed by atoms with van der Waals surface area (Å²) in [5.41, 5.74) is 1.49. The molecule has 0 bridgehead atoms. The molecule has 0 amide bonds. The van der Waals surface area contributed by atoms with Crippen LogP contribution in [0.1, 0.15) is 22.3 Å². The fourth-order valence-electron chi connectivity index (χ4n) is 3.03. The number of aldehydes is 1. The lowest BCUT2D eigenvalue weighted by molar-refractivity contribution is -0.0514. The zero-order valence-corrected chi connectivity index (χ0v) is 13.6. The van der Waals surface area contributed by atoms with Crippen molar-refractivity contribution in [2.75, 3.05) is 6.61 Å². The Morgan fingerprint density at radius 3 is 2.48 bits per heavy atom. The highest BCUT2D eigenvalue weighted by molar-refractivity contribution is 6.42. The highest BCUT2D eigenvalue weighted by Crippen LogP contribution is 2.38. The molecule has 0 aliphatic carbocycles. The molecule has 1 saturated heterocycles. The van der Waals surface area contributed by atoms with E-state index in [2.05, 4.69) is 0 Å². The van der Waals surface area contributed by atoms with Gasteiger partial charge >= 0.3 is 0 Å². The highest BCUT2D eigenvalue weighted by atomic mass is 35.5. The summed E-state index contributed by atoms with van der Waals surface area (Å²) in [7, 11) is 0. The molecule has 3 N–H and O–H groups in total. The van der Waals surface area contributed by atoms with E-state index in [-0.39, 0.29) is 0 Å². The molecule has 0 spiro atoms. The Kier molecular flexibility index (Phi) is 4.39. The normalized spacial score (nSPS) is 27.7. The number of rotatable bonds is 3. The van der Waals surface area contributed by atoms with Gasteiger partial charge in [-0.15, -0.1) is 0 Å². The summed E-state index contributed by atoms with van der Waals surface area (Å²) in [5.74, 6) is 0. The first kappa shape index (κ1) is 16.7. The summed E-state index contributed by atoms with van der Waals surface area (Å²) in [6.45, 7) is 1.26. The number of hydrogen-bond acceptors (Lipinski definition) is 5. The third kappa shape index (κ3) is 2.46. The molecule has 1 aliphatic rings. The second kappa shape index (κ2) is 6.05. The fourth-order valence-corrected chi connectivity index (χ4v) is 3.35. The molecule has 0 saturated carbocycles. The van der Waals surface area contributed by atoms with Gasteiger partial charge in [0, 0.05) is 16.6 Å². The number of aliphatic hydroxyl groups is 3. The Bertz CT molecular complexity index is 775. The number of carbonyl (C=O) groups is 1. The van der Waals surface area contributed by atoms with Gasteiger partial charge < -0.3 is 24.6 Å². The lowest BCUT2D eigenvalue weighted by Gasteiger charge is -2.20. The van der Waals surface area contributed by atoms with Crippen molar-refractivity contribution in [3.05, 3.63) is 33.4 Å². The van der Waals surface area contributed by atoms with Crippen LogP contribution < -0.4 is 0 Å². The molecule has 23 heavy (non-hydrogen) atoms. The predicted octanol–water partition coefficient (Wildman–Crippen LogP) is 1.68. The first-order valence-electron chi connectivity index (χ1n) is 6.97. The minimum atomic E-state index is -1.25. The Morgan fingerprint density at radius 2 is 1.91 bits per heavy atom. The van der Waals surface area contributed by atoms with Crippen molar-refractivity contribution in [2.24, 2.45) is 0 Å². The average Bonchev–Trinajstić information content (AvgIpc) is 2.94. The first-order chi connectivity index (χ1) is 10.9. The van der Waals surface area contributed by atoms with Crippen LogP contribution in [0.2, 0.25) is 10.0 Å². The van der Waals surface area contributed by atoms with Crippen molar-refractivity contribution in [1.82, 2.24) is 4.57 Å². The Balaban J connectivity index is 2.24. The van der Waals surface area contributed by atoms with Gasteiger partial charge in [0.1, 0.15) is 18.3 Å². The topological polar surface area (TPSA) is 91.9 Å². The molecule has 3 rings (SSSR count). The van der Waals surface area contributed by atoms with E-state index in [4.69, 9.17) is 27.9 Å². The van der Waals surface area contributed by atoms with Crippen LogP contribution >= 0.6 is 23.2 Å². The second-order valence-electron chi connectivity index (χ2n) is 5.50. The molecule has 1 fully saturated rings. The van der Waals surface area contributed by atoms with Gasteiger partial charge in [0.25, 0.3) is 0 Å². The van der Waals surface area contributed by atoms with Crippen molar-refractivity contribution in [2.45, 2.75) is 31.5 Å². The molecule has 1 aromatic heterocycles. The summed E-state index contributed by atoms with van der Waals surface area (Å²) in [5, 5.41) is 30.6. The molecule has 0 radical (unpaired) electrons. The number of halogens is 2. The molecule has 1 aliphatic heterocycles. The van der Waals surface area contributed by atoms with Crippen molar-refractivity contribution in [1.29, 1.82) is 0 Å². The molecule has 8 heteroatoms. The summed E-state index contributed by atoms with van der Waals surface area (Å²) in [6.07, 6.45) is -3.65. The van der Waals surface area contributed by atoms with Gasteiger partial charge in [0.15, 0.2) is 12.5 Å². The third-order valence-corrected chi connectivity index (χ3v) is 4.95. The monoisotopic (exact) mass is 359 g/mol. The first-order valence-corrected chi connectivity index (χ1v) is 7.73. The standard InChI is InChI=1S/C15H15Cl2NO5/c1-6-8(4-19)7-2-9(16)10(17)3-11(7)18(6)15-14(22)13(21)12(5-20)23-15/h2-4,12-15,20-22H,5H2,1H3. The number of nitrogens with zero attached hydrogens (tertiary/aromatic N) is 1. The van der Waals surface area contributed by atoms with Crippen LogP contribution in [0.25, 0.3) is 10.9 Å². The van der Waals surface area contributed by atoms with Crippen molar-refractivity contribution in [3.8, 4) is 0 Å². The number of aliphatic hydroxyl groups excluding tert-OH is 3. The van der Waals surface area contributed by atoms with E-state index in [0.29, 0.717) is 38.5 Å². The minimum Gasteiger partial charge on any atom is -0.394 e. The molecule has 2 aromatic rings. The van der Waals surface area contributed by atoms with Crippen molar-refractivity contribution >= 4 is 40.4 Å². The Morgan fingerprint density at radius 1 is 1.26 bits per heavy atom. The number of benzene rings is 1. The number of ether oxygens (including phenoxy) is 1. The maximum Gasteiger partial charge on any atom is 0.163 e. The summed E-state index contributed by atoms with van der Waals surface area (Å²) in [6, 6.07) is 3.15. The number of carbonyl (C=O) groups excluding carboxylic acids is 1. The molecule has 4 atom stereocenters. The number of hydrogen-bond donors (Lipinski definition) is 3. The van der Waals surface area contributed by atoms with Crippen LogP contribution in [-0.4, -0.2) is 51.1 Å². The molecular formula is C15H15Cl2NO5. The van der Waals surface area contributed by atoms with E-state index < -0.39 is 31.1 Å². The third-order valence-electron chi connectivity index (χ3n) is 4.23. The van der Waals surface area contributed by atoms with Gasteiger partial charge in [0.2, 0.25) is 0 Å². The summed E-state index contributed by atoms with van der Waals surface area (Å²) >= 11 is 12.1. The number of aromatic nitrogens is 1. The Labute approximate surface area is 141 Å². The average molecular weight is 360 g/mol. The molecule has 1 aromatic carbocycles. The van der Waals surface area contributed by atoms with Crippen LogP contribution in [0, 0.1) is 6.92 Å². The maximum atomic E-state index is 11.5. The van der Waals surface area contributed by atoms with Crippen LogP contribution in [0.15, 0.2) is 12.1 Å². The molecule has 2 heterocycles. The maximum absolute atomic E-state index is 11.5. The van der Waals surface area contributed by atoms with Crippen molar-refractivity contribution < 1.29 is 24.9 Å². The van der Waals surface area contributed by atoms with Crippen LogP contribution in [0.4, 0.5) is 0 Å². The minimum absolute atomic E-state index is 0.294. The van der Waals surface area contributed by atoms with E-state index >= 15 is 0 Å². The second-order valence-corrected chi connectivity index (χ2v) is 6.31. The molecular weight excluding hydrogens is 345 g/mol. The zero-order valence-electron chi connectivity index (χ0n) is 12.1. The van der Waals surface area contributed by atoms with Crippen LogP contribution in [0.3, 0.4) is 0 Å². The Hall–Kier alpha value is -1.15. The van der Waals surface area contributed by atoms with Crippen LogP contribution in [-0.2, 0) is 4.74 Å². The molecule has 124 valence electrons. The number of fused-ring (bicyclic) bond motifs is 1. The molecule has 4 unspecified atom stereocenters.